The summed E-state index contributed by atoms with van der Waals surface area (Å²) in [7, 11) is 0. The van der Waals surface area contributed by atoms with Crippen molar-refractivity contribution in [2.45, 2.75) is 71.9 Å². The molecule has 0 spiro atoms. The highest BCUT2D eigenvalue weighted by molar-refractivity contribution is 5.77. The van der Waals surface area contributed by atoms with Gasteiger partial charge in [0.1, 0.15) is 18.8 Å². The number of hydrogen-bond donors (Lipinski definition) is 1. The van der Waals surface area contributed by atoms with E-state index in [4.69, 9.17) is 24.7 Å². The van der Waals surface area contributed by atoms with Crippen molar-refractivity contribution in [3.8, 4) is 11.5 Å². The van der Waals surface area contributed by atoms with Crippen LogP contribution < -0.4 is 15.2 Å². The van der Waals surface area contributed by atoms with Gasteiger partial charge in [0.15, 0.2) is 11.5 Å². The third-order valence-electron chi connectivity index (χ3n) is 4.14. The maximum Gasteiger partial charge on any atom is 0.508 e. The smallest absolute Gasteiger partial charge is 0.461 e. The molecule has 0 saturated carbocycles. The Hall–Kier alpha value is -3.14. The van der Waals surface area contributed by atoms with Gasteiger partial charge in [-0.05, 0) is 50.8 Å². The molecule has 10 heteroatoms. The summed E-state index contributed by atoms with van der Waals surface area (Å²) in [6.45, 7) is 6.86. The summed E-state index contributed by atoms with van der Waals surface area (Å²) in [6.07, 6.45) is 0.148. The van der Waals surface area contributed by atoms with E-state index in [1.165, 1.54) is 12.1 Å². The molecule has 2 atom stereocenters. The summed E-state index contributed by atoms with van der Waals surface area (Å²) < 4.78 is 25.3. The summed E-state index contributed by atoms with van der Waals surface area (Å²) >= 11 is 0. The van der Waals surface area contributed by atoms with E-state index in [2.05, 4.69) is 4.74 Å². The molecule has 0 radical (unpaired) electrons. The van der Waals surface area contributed by atoms with E-state index in [-0.39, 0.29) is 44.0 Å². The van der Waals surface area contributed by atoms with Crippen molar-refractivity contribution in [2.75, 3.05) is 13.2 Å². The Kier molecular flexibility index (Phi) is 12.5. The van der Waals surface area contributed by atoms with Gasteiger partial charge in [-0.25, -0.2) is 4.79 Å². The Morgan fingerprint density at radius 2 is 1.52 bits per heavy atom. The molecule has 0 heterocycles. The SMILES string of the molecule is CCCC(=O)Oc1ccc(C[C@H](N)C(=O)OC[C@H](C)OC(=O)OCC)cc1OC(=O)CCC. The van der Waals surface area contributed by atoms with E-state index in [9.17, 15) is 19.2 Å². The Labute approximate surface area is 193 Å². The average Bonchev–Trinajstić information content (AvgIpc) is 2.74. The zero-order valence-corrected chi connectivity index (χ0v) is 19.6. The van der Waals surface area contributed by atoms with E-state index in [0.29, 0.717) is 18.4 Å². The number of hydrogen-bond acceptors (Lipinski definition) is 10. The average molecular weight is 468 g/mol. The van der Waals surface area contributed by atoms with Crippen LogP contribution >= 0.6 is 0 Å². The van der Waals surface area contributed by atoms with Gasteiger partial charge < -0.3 is 29.4 Å². The molecule has 1 aromatic rings. The molecule has 0 aliphatic carbocycles. The summed E-state index contributed by atoms with van der Waals surface area (Å²) in [5.74, 6) is -1.42. The molecule has 0 bridgehead atoms. The van der Waals surface area contributed by atoms with Crippen molar-refractivity contribution in [1.82, 2.24) is 0 Å². The highest BCUT2D eigenvalue weighted by Gasteiger charge is 2.20. The van der Waals surface area contributed by atoms with E-state index >= 15 is 0 Å². The number of ether oxygens (including phenoxy) is 5. The Balaban J connectivity index is 2.79. The molecule has 1 rings (SSSR count). The lowest BCUT2D eigenvalue weighted by atomic mass is 10.1. The van der Waals surface area contributed by atoms with Gasteiger partial charge in [-0.2, -0.15) is 0 Å². The zero-order valence-electron chi connectivity index (χ0n) is 19.6. The van der Waals surface area contributed by atoms with Crippen LogP contribution in [0.2, 0.25) is 0 Å². The minimum Gasteiger partial charge on any atom is -0.461 e. The van der Waals surface area contributed by atoms with E-state index < -0.39 is 36.2 Å². The van der Waals surface area contributed by atoms with Crippen LogP contribution in [0.25, 0.3) is 0 Å². The van der Waals surface area contributed by atoms with E-state index in [1.807, 2.05) is 13.8 Å². The third-order valence-corrected chi connectivity index (χ3v) is 4.14. The lowest BCUT2D eigenvalue weighted by Gasteiger charge is -2.16. The lowest BCUT2D eigenvalue weighted by Crippen LogP contribution is -2.36. The van der Waals surface area contributed by atoms with Gasteiger partial charge in [0.25, 0.3) is 0 Å². The minimum absolute atomic E-state index is 0.0763. The number of rotatable bonds is 13. The molecule has 0 aliphatic rings. The molecule has 2 N–H and O–H groups in total. The molecule has 10 nitrogen and oxygen atoms in total. The van der Waals surface area contributed by atoms with Crippen molar-refractivity contribution in [1.29, 1.82) is 0 Å². The molecule has 0 aromatic heterocycles. The van der Waals surface area contributed by atoms with Gasteiger partial charge in [-0.3, -0.25) is 14.4 Å². The Bertz CT molecular complexity index is 809. The zero-order chi connectivity index (χ0) is 24.8. The number of carbonyl (C=O) groups is 4. The second-order valence-corrected chi connectivity index (χ2v) is 7.28. The van der Waals surface area contributed by atoms with Crippen molar-refractivity contribution < 1.29 is 42.9 Å². The summed E-state index contributed by atoms with van der Waals surface area (Å²) in [4.78, 5) is 47.4. The molecular weight excluding hydrogens is 434 g/mol. The second-order valence-electron chi connectivity index (χ2n) is 7.28. The topological polar surface area (TPSA) is 140 Å². The van der Waals surface area contributed by atoms with Crippen LogP contribution in [0.1, 0.15) is 58.9 Å². The predicted octanol–water partition coefficient (Wildman–Crippen LogP) is 3.07. The van der Waals surface area contributed by atoms with Gasteiger partial charge in [-0.1, -0.05) is 19.9 Å². The minimum atomic E-state index is -1.02. The fourth-order valence-electron chi connectivity index (χ4n) is 2.59. The van der Waals surface area contributed by atoms with Gasteiger partial charge >= 0.3 is 24.1 Å². The molecule has 184 valence electrons. The highest BCUT2D eigenvalue weighted by Crippen LogP contribution is 2.30. The molecule has 0 aliphatic heterocycles. The number of benzene rings is 1. The molecule has 0 fully saturated rings. The summed E-state index contributed by atoms with van der Waals surface area (Å²) in [6, 6.07) is 3.59. The first-order chi connectivity index (χ1) is 15.7. The first-order valence-corrected chi connectivity index (χ1v) is 11.0. The van der Waals surface area contributed by atoms with Crippen LogP contribution in [0.15, 0.2) is 18.2 Å². The fraction of sp³-hybridized carbons (Fsp3) is 0.565. The van der Waals surface area contributed by atoms with Crippen molar-refractivity contribution >= 4 is 24.1 Å². The van der Waals surface area contributed by atoms with Crippen LogP contribution in [0.4, 0.5) is 4.79 Å². The highest BCUT2D eigenvalue weighted by atomic mass is 16.7. The standard InChI is InChI=1S/C23H33NO9/c1-5-8-20(25)32-18-11-10-16(13-19(18)33-21(26)9-6-2)12-17(24)22(27)30-14-15(4)31-23(28)29-7-3/h10-11,13,15,17H,5-9,12,14,24H2,1-4H3/t15-,17-/m0/s1. The van der Waals surface area contributed by atoms with Crippen LogP contribution in [0.3, 0.4) is 0 Å². The maximum atomic E-state index is 12.2. The predicted molar refractivity (Wildman–Crippen MR) is 118 cm³/mol. The van der Waals surface area contributed by atoms with Crippen molar-refractivity contribution in [3.05, 3.63) is 23.8 Å². The monoisotopic (exact) mass is 467 g/mol. The van der Waals surface area contributed by atoms with Gasteiger partial charge in [0, 0.05) is 12.8 Å². The molecule has 33 heavy (non-hydrogen) atoms. The number of carbonyl (C=O) groups excluding carboxylic acids is 4. The quantitative estimate of drug-likeness (QED) is 0.340. The first-order valence-electron chi connectivity index (χ1n) is 11.0. The van der Waals surface area contributed by atoms with Gasteiger partial charge in [0.05, 0.1) is 6.61 Å². The Morgan fingerprint density at radius 1 is 0.909 bits per heavy atom. The lowest BCUT2D eigenvalue weighted by molar-refractivity contribution is -0.148. The van der Waals surface area contributed by atoms with E-state index in [1.54, 1.807) is 19.9 Å². The largest absolute Gasteiger partial charge is 0.508 e. The number of nitrogens with two attached hydrogens (primary N) is 1. The van der Waals surface area contributed by atoms with Gasteiger partial charge in [0.2, 0.25) is 0 Å². The van der Waals surface area contributed by atoms with Crippen LogP contribution in [0.5, 0.6) is 11.5 Å². The fourth-order valence-corrected chi connectivity index (χ4v) is 2.59. The summed E-state index contributed by atoms with van der Waals surface area (Å²) in [5.41, 5.74) is 6.52. The molecule has 0 amide bonds. The molecule has 0 unspecified atom stereocenters. The normalized spacial score (nSPS) is 12.3. The van der Waals surface area contributed by atoms with Crippen LogP contribution in [0, 0.1) is 0 Å². The molecule has 0 saturated heterocycles. The van der Waals surface area contributed by atoms with Crippen LogP contribution in [-0.4, -0.2) is 49.4 Å². The van der Waals surface area contributed by atoms with Crippen LogP contribution in [-0.2, 0) is 35.0 Å². The Morgan fingerprint density at radius 3 is 2.09 bits per heavy atom. The van der Waals surface area contributed by atoms with Crippen molar-refractivity contribution in [2.24, 2.45) is 5.73 Å². The number of esters is 3. The molecular formula is C23H33NO9. The van der Waals surface area contributed by atoms with Gasteiger partial charge in [-0.15, -0.1) is 0 Å². The molecule has 1 aromatic carbocycles. The summed E-state index contributed by atoms with van der Waals surface area (Å²) in [5, 5.41) is 0. The maximum absolute atomic E-state index is 12.2. The first kappa shape index (κ1) is 27.9. The van der Waals surface area contributed by atoms with E-state index in [0.717, 1.165) is 0 Å². The third kappa shape index (κ3) is 10.8. The second kappa shape index (κ2) is 14.8. The van der Waals surface area contributed by atoms with Crippen molar-refractivity contribution in [3.63, 3.8) is 0 Å².